The van der Waals surface area contributed by atoms with Crippen LogP contribution in [0.4, 0.5) is 5.69 Å². The molecule has 0 spiro atoms. The molecule has 2 heterocycles. The Hall–Kier alpha value is -2.03. The largest absolute Gasteiger partial charge is 0.467 e. The summed E-state index contributed by atoms with van der Waals surface area (Å²) in [6.45, 7) is 0.517. The first-order chi connectivity index (χ1) is 7.84. The summed E-state index contributed by atoms with van der Waals surface area (Å²) in [4.78, 5) is 13.6. The highest BCUT2D eigenvalue weighted by Crippen LogP contribution is 2.29. The highest BCUT2D eigenvalue weighted by atomic mass is 16.3. The second-order valence-electron chi connectivity index (χ2n) is 3.86. The monoisotopic (exact) mass is 213 g/mol. The number of furan rings is 1. The molecule has 0 saturated heterocycles. The molecule has 0 radical (unpaired) electrons. The van der Waals surface area contributed by atoms with Gasteiger partial charge in [0.2, 0.25) is 5.91 Å². The molecule has 0 N–H and O–H groups in total. The molecule has 0 saturated carbocycles. The summed E-state index contributed by atoms with van der Waals surface area (Å²) in [6, 6.07) is 11.6. The molecule has 3 heteroatoms. The zero-order valence-corrected chi connectivity index (χ0v) is 8.72. The lowest BCUT2D eigenvalue weighted by Crippen LogP contribution is -2.25. The van der Waals surface area contributed by atoms with Crippen molar-refractivity contribution in [3.05, 3.63) is 54.0 Å². The number of hydrogen-bond donors (Lipinski definition) is 0. The van der Waals surface area contributed by atoms with Crippen LogP contribution in [0.1, 0.15) is 11.3 Å². The maximum atomic E-state index is 11.8. The molecule has 0 bridgehead atoms. The van der Waals surface area contributed by atoms with Gasteiger partial charge < -0.3 is 9.32 Å². The predicted octanol–water partition coefficient (Wildman–Crippen LogP) is 2.37. The Morgan fingerprint density at radius 1 is 1.19 bits per heavy atom. The fourth-order valence-corrected chi connectivity index (χ4v) is 2.05. The quantitative estimate of drug-likeness (QED) is 0.767. The van der Waals surface area contributed by atoms with E-state index >= 15 is 0 Å². The lowest BCUT2D eigenvalue weighted by atomic mass is 10.2. The maximum absolute atomic E-state index is 11.8. The molecule has 3 nitrogen and oxygen atoms in total. The molecule has 1 amide bonds. The van der Waals surface area contributed by atoms with E-state index in [0.717, 1.165) is 17.0 Å². The van der Waals surface area contributed by atoms with Gasteiger partial charge in [0.05, 0.1) is 19.2 Å². The molecule has 1 aliphatic heterocycles. The Morgan fingerprint density at radius 2 is 2.06 bits per heavy atom. The minimum atomic E-state index is 0.137. The minimum absolute atomic E-state index is 0.137. The van der Waals surface area contributed by atoms with Crippen molar-refractivity contribution < 1.29 is 9.21 Å². The highest BCUT2D eigenvalue weighted by Gasteiger charge is 2.27. The van der Waals surface area contributed by atoms with E-state index in [9.17, 15) is 4.79 Å². The van der Waals surface area contributed by atoms with Gasteiger partial charge in [0, 0.05) is 5.69 Å². The molecule has 1 aliphatic rings. The lowest BCUT2D eigenvalue weighted by molar-refractivity contribution is -0.117. The number of rotatable bonds is 2. The first-order valence-electron chi connectivity index (χ1n) is 5.25. The summed E-state index contributed by atoms with van der Waals surface area (Å²) >= 11 is 0. The molecular weight excluding hydrogens is 202 g/mol. The summed E-state index contributed by atoms with van der Waals surface area (Å²) in [5.74, 6) is 0.947. The van der Waals surface area contributed by atoms with Crippen molar-refractivity contribution in [1.29, 1.82) is 0 Å². The Morgan fingerprint density at radius 3 is 2.88 bits per heavy atom. The summed E-state index contributed by atoms with van der Waals surface area (Å²) in [5.41, 5.74) is 2.10. The number of carbonyl (C=O) groups is 1. The normalized spacial score (nSPS) is 14.2. The molecule has 1 aromatic carbocycles. The second-order valence-corrected chi connectivity index (χ2v) is 3.86. The van der Waals surface area contributed by atoms with Crippen LogP contribution in [0.15, 0.2) is 47.1 Å². The Kier molecular flexibility index (Phi) is 2.03. The van der Waals surface area contributed by atoms with Crippen molar-refractivity contribution in [3.63, 3.8) is 0 Å². The number of carbonyl (C=O) groups excluding carboxylic acids is 1. The third-order valence-electron chi connectivity index (χ3n) is 2.82. The molecule has 0 aliphatic carbocycles. The van der Waals surface area contributed by atoms with Crippen LogP contribution >= 0.6 is 0 Å². The third kappa shape index (κ3) is 1.41. The zero-order chi connectivity index (χ0) is 11.0. The molecule has 0 atom stereocenters. The van der Waals surface area contributed by atoms with Gasteiger partial charge in [-0.3, -0.25) is 4.79 Å². The van der Waals surface area contributed by atoms with E-state index in [0.29, 0.717) is 13.0 Å². The van der Waals surface area contributed by atoms with Gasteiger partial charge in [-0.1, -0.05) is 18.2 Å². The number of amides is 1. The van der Waals surface area contributed by atoms with Gasteiger partial charge in [-0.15, -0.1) is 0 Å². The molecule has 1 aromatic heterocycles. The summed E-state index contributed by atoms with van der Waals surface area (Å²) in [6.07, 6.45) is 2.12. The van der Waals surface area contributed by atoms with E-state index in [2.05, 4.69) is 0 Å². The molecule has 2 aromatic rings. The van der Waals surface area contributed by atoms with Gasteiger partial charge in [-0.25, -0.2) is 0 Å². The average Bonchev–Trinajstić information content (AvgIpc) is 2.89. The van der Waals surface area contributed by atoms with Crippen molar-refractivity contribution >= 4 is 11.6 Å². The molecule has 0 unspecified atom stereocenters. The van der Waals surface area contributed by atoms with Crippen molar-refractivity contribution in [1.82, 2.24) is 0 Å². The van der Waals surface area contributed by atoms with Gasteiger partial charge in [0.15, 0.2) is 0 Å². The van der Waals surface area contributed by atoms with Crippen LogP contribution in [0.5, 0.6) is 0 Å². The number of benzene rings is 1. The highest BCUT2D eigenvalue weighted by molar-refractivity contribution is 6.01. The van der Waals surface area contributed by atoms with Crippen molar-refractivity contribution in [2.75, 3.05) is 4.90 Å². The SMILES string of the molecule is O=C1Cc2ccccc2N1Cc1ccco1. The smallest absolute Gasteiger partial charge is 0.231 e. The van der Waals surface area contributed by atoms with E-state index in [-0.39, 0.29) is 5.91 Å². The topological polar surface area (TPSA) is 33.5 Å². The minimum Gasteiger partial charge on any atom is -0.467 e. The van der Waals surface area contributed by atoms with Crippen LogP contribution in [0.2, 0.25) is 0 Å². The first kappa shape index (κ1) is 9.21. The van der Waals surface area contributed by atoms with Crippen LogP contribution in [0, 0.1) is 0 Å². The van der Waals surface area contributed by atoms with Gasteiger partial charge in [0.1, 0.15) is 5.76 Å². The number of nitrogens with zero attached hydrogens (tertiary/aromatic N) is 1. The van der Waals surface area contributed by atoms with E-state index in [1.54, 1.807) is 11.2 Å². The first-order valence-corrected chi connectivity index (χ1v) is 5.25. The molecule has 3 rings (SSSR count). The molecule has 80 valence electrons. The molecule has 16 heavy (non-hydrogen) atoms. The van der Waals surface area contributed by atoms with Gasteiger partial charge in [0.25, 0.3) is 0 Å². The summed E-state index contributed by atoms with van der Waals surface area (Å²) < 4.78 is 5.26. The molecular formula is C13H11NO2. The van der Waals surface area contributed by atoms with E-state index < -0.39 is 0 Å². The predicted molar refractivity (Wildman–Crippen MR) is 60.0 cm³/mol. The fourth-order valence-electron chi connectivity index (χ4n) is 2.05. The standard InChI is InChI=1S/C13H11NO2/c15-13-8-10-4-1-2-6-12(10)14(13)9-11-5-3-7-16-11/h1-7H,8-9H2. The Balaban J connectivity index is 1.93. The van der Waals surface area contributed by atoms with E-state index in [1.165, 1.54) is 0 Å². The Labute approximate surface area is 93.3 Å². The number of para-hydroxylation sites is 1. The van der Waals surface area contributed by atoms with Gasteiger partial charge in [-0.05, 0) is 23.8 Å². The van der Waals surface area contributed by atoms with Crippen LogP contribution in [-0.4, -0.2) is 5.91 Å². The van der Waals surface area contributed by atoms with Gasteiger partial charge in [-0.2, -0.15) is 0 Å². The van der Waals surface area contributed by atoms with Crippen LogP contribution in [-0.2, 0) is 17.8 Å². The van der Waals surface area contributed by atoms with Crippen molar-refractivity contribution in [2.24, 2.45) is 0 Å². The Bertz CT molecular complexity index is 516. The fraction of sp³-hybridized carbons (Fsp3) is 0.154. The second kappa shape index (κ2) is 3.52. The lowest BCUT2D eigenvalue weighted by Gasteiger charge is -2.15. The van der Waals surface area contributed by atoms with Crippen LogP contribution < -0.4 is 4.90 Å². The number of hydrogen-bond acceptors (Lipinski definition) is 2. The summed E-state index contributed by atoms with van der Waals surface area (Å²) in [5, 5.41) is 0. The van der Waals surface area contributed by atoms with Crippen molar-refractivity contribution in [2.45, 2.75) is 13.0 Å². The van der Waals surface area contributed by atoms with E-state index in [4.69, 9.17) is 4.42 Å². The maximum Gasteiger partial charge on any atom is 0.231 e. The third-order valence-corrected chi connectivity index (χ3v) is 2.82. The van der Waals surface area contributed by atoms with Crippen molar-refractivity contribution in [3.8, 4) is 0 Å². The number of fused-ring (bicyclic) bond motifs is 1. The van der Waals surface area contributed by atoms with Gasteiger partial charge >= 0.3 is 0 Å². The molecule has 0 fully saturated rings. The average molecular weight is 213 g/mol. The summed E-state index contributed by atoms with van der Waals surface area (Å²) in [7, 11) is 0. The van der Waals surface area contributed by atoms with Crippen LogP contribution in [0.25, 0.3) is 0 Å². The van der Waals surface area contributed by atoms with Crippen LogP contribution in [0.3, 0.4) is 0 Å². The number of anilines is 1. The van der Waals surface area contributed by atoms with E-state index in [1.807, 2.05) is 36.4 Å². The zero-order valence-electron chi connectivity index (χ0n) is 8.72.